The SMILES string of the molecule is N[C@@H](CC(=O)N1CCCN(C(=O)c2ccc(C(=O)O)o2)CC1)Cc1cc(F)c(F)cc1F. The first kappa shape index (κ1) is 23.3. The molecule has 2 amide bonds. The number of nitrogens with zero attached hydrogens (tertiary/aromatic N) is 2. The lowest BCUT2D eigenvalue weighted by Gasteiger charge is -2.23. The first-order valence-electron chi connectivity index (χ1n) is 9.95. The first-order chi connectivity index (χ1) is 15.2. The monoisotopic (exact) mass is 453 g/mol. The third-order valence-electron chi connectivity index (χ3n) is 5.17. The quantitative estimate of drug-likeness (QED) is 0.647. The lowest BCUT2D eigenvalue weighted by Crippen LogP contribution is -2.40. The van der Waals surface area contributed by atoms with Gasteiger partial charge >= 0.3 is 5.97 Å². The molecule has 2 aromatic rings. The summed E-state index contributed by atoms with van der Waals surface area (Å²) in [6.45, 7) is 1.15. The number of nitrogens with two attached hydrogens (primary N) is 1. The van der Waals surface area contributed by atoms with E-state index in [4.69, 9.17) is 15.3 Å². The summed E-state index contributed by atoms with van der Waals surface area (Å²) in [4.78, 5) is 39.1. The van der Waals surface area contributed by atoms with Gasteiger partial charge in [0, 0.05) is 44.7 Å². The molecule has 3 rings (SSSR count). The van der Waals surface area contributed by atoms with Crippen molar-refractivity contribution in [2.45, 2.75) is 25.3 Å². The number of halogens is 3. The Labute approximate surface area is 181 Å². The highest BCUT2D eigenvalue weighted by Crippen LogP contribution is 2.17. The van der Waals surface area contributed by atoms with Gasteiger partial charge in [-0.3, -0.25) is 9.59 Å². The van der Waals surface area contributed by atoms with Crippen LogP contribution in [-0.4, -0.2) is 64.9 Å². The fraction of sp³-hybridized carbons (Fsp3) is 0.381. The lowest BCUT2D eigenvalue weighted by atomic mass is 10.0. The van der Waals surface area contributed by atoms with Crippen molar-refractivity contribution in [3.63, 3.8) is 0 Å². The Kier molecular flexibility index (Phi) is 7.18. The van der Waals surface area contributed by atoms with Gasteiger partial charge in [-0.2, -0.15) is 0 Å². The van der Waals surface area contributed by atoms with Crippen LogP contribution in [0, 0.1) is 17.5 Å². The summed E-state index contributed by atoms with van der Waals surface area (Å²) in [6.07, 6.45) is 0.210. The van der Waals surface area contributed by atoms with Gasteiger partial charge in [-0.25, -0.2) is 18.0 Å². The van der Waals surface area contributed by atoms with Crippen LogP contribution in [0.4, 0.5) is 13.2 Å². The van der Waals surface area contributed by atoms with Crippen LogP contribution in [0.25, 0.3) is 0 Å². The van der Waals surface area contributed by atoms with Crippen LogP contribution in [0.15, 0.2) is 28.7 Å². The Morgan fingerprint density at radius 1 is 0.969 bits per heavy atom. The van der Waals surface area contributed by atoms with E-state index in [-0.39, 0.29) is 48.9 Å². The molecule has 0 saturated carbocycles. The van der Waals surface area contributed by atoms with E-state index in [1.165, 1.54) is 21.9 Å². The van der Waals surface area contributed by atoms with E-state index >= 15 is 0 Å². The number of carbonyl (C=O) groups is 3. The zero-order chi connectivity index (χ0) is 23.4. The number of carbonyl (C=O) groups excluding carboxylic acids is 2. The molecule has 1 fully saturated rings. The third-order valence-corrected chi connectivity index (χ3v) is 5.17. The van der Waals surface area contributed by atoms with Crippen LogP contribution in [0.1, 0.15) is 39.5 Å². The molecule has 1 atom stereocenters. The highest BCUT2D eigenvalue weighted by Gasteiger charge is 2.26. The first-order valence-corrected chi connectivity index (χ1v) is 9.95. The van der Waals surface area contributed by atoms with Crippen LogP contribution in [-0.2, 0) is 11.2 Å². The molecule has 1 aromatic heterocycles. The smallest absolute Gasteiger partial charge is 0.371 e. The lowest BCUT2D eigenvalue weighted by molar-refractivity contribution is -0.131. The molecule has 0 spiro atoms. The van der Waals surface area contributed by atoms with E-state index in [0.717, 1.165) is 6.07 Å². The van der Waals surface area contributed by atoms with Crippen molar-refractivity contribution in [3.05, 3.63) is 58.8 Å². The van der Waals surface area contributed by atoms with Crippen LogP contribution in [0.3, 0.4) is 0 Å². The van der Waals surface area contributed by atoms with Gasteiger partial charge in [0.05, 0.1) is 0 Å². The summed E-state index contributed by atoms with van der Waals surface area (Å²) < 4.78 is 45.2. The van der Waals surface area contributed by atoms with Gasteiger partial charge in [-0.1, -0.05) is 0 Å². The normalized spacial score (nSPS) is 15.4. The van der Waals surface area contributed by atoms with E-state index in [9.17, 15) is 27.6 Å². The van der Waals surface area contributed by atoms with Gasteiger partial charge < -0.3 is 25.1 Å². The largest absolute Gasteiger partial charge is 0.475 e. The highest BCUT2D eigenvalue weighted by atomic mass is 19.2. The van der Waals surface area contributed by atoms with E-state index < -0.39 is 35.4 Å². The number of furan rings is 1. The zero-order valence-electron chi connectivity index (χ0n) is 17.0. The molecule has 0 unspecified atom stereocenters. The van der Waals surface area contributed by atoms with Crippen molar-refractivity contribution in [3.8, 4) is 0 Å². The summed E-state index contributed by atoms with van der Waals surface area (Å²) >= 11 is 0. The number of hydrogen-bond donors (Lipinski definition) is 2. The number of carboxylic acid groups (broad SMARTS) is 1. The van der Waals surface area contributed by atoms with Gasteiger partial charge in [0.25, 0.3) is 5.91 Å². The van der Waals surface area contributed by atoms with E-state index in [0.29, 0.717) is 25.6 Å². The van der Waals surface area contributed by atoms with E-state index in [1.54, 1.807) is 0 Å². The second-order valence-corrected chi connectivity index (χ2v) is 7.52. The molecule has 0 bridgehead atoms. The van der Waals surface area contributed by atoms with Crippen molar-refractivity contribution < 1.29 is 37.1 Å². The Morgan fingerprint density at radius 3 is 2.28 bits per heavy atom. The second kappa shape index (κ2) is 9.86. The molecule has 172 valence electrons. The molecule has 1 saturated heterocycles. The molecule has 32 heavy (non-hydrogen) atoms. The minimum absolute atomic E-state index is 0.0993. The summed E-state index contributed by atoms with van der Waals surface area (Å²) in [6, 6.07) is 2.85. The minimum atomic E-state index is -1.30. The van der Waals surface area contributed by atoms with Gasteiger partial charge in [-0.15, -0.1) is 0 Å². The maximum absolute atomic E-state index is 13.8. The van der Waals surface area contributed by atoms with Gasteiger partial charge in [0.2, 0.25) is 11.7 Å². The number of benzene rings is 1. The Hall–Kier alpha value is -3.34. The summed E-state index contributed by atoms with van der Waals surface area (Å²) in [7, 11) is 0. The van der Waals surface area contributed by atoms with Crippen molar-refractivity contribution in [1.29, 1.82) is 0 Å². The number of aromatic carboxylic acids is 1. The Bertz CT molecular complexity index is 1030. The van der Waals surface area contributed by atoms with E-state index in [2.05, 4.69) is 0 Å². The second-order valence-electron chi connectivity index (χ2n) is 7.52. The number of rotatable bonds is 6. The molecule has 2 heterocycles. The fourth-order valence-corrected chi connectivity index (χ4v) is 3.52. The number of carboxylic acids is 1. The van der Waals surface area contributed by atoms with Crippen LogP contribution >= 0.6 is 0 Å². The molecule has 3 N–H and O–H groups in total. The Balaban J connectivity index is 1.55. The molecule has 1 aliphatic rings. The number of amides is 2. The minimum Gasteiger partial charge on any atom is -0.475 e. The van der Waals surface area contributed by atoms with Crippen molar-refractivity contribution in [2.24, 2.45) is 5.73 Å². The van der Waals surface area contributed by atoms with Gasteiger partial charge in [0.1, 0.15) is 5.82 Å². The molecule has 1 aliphatic heterocycles. The van der Waals surface area contributed by atoms with Crippen LogP contribution < -0.4 is 5.73 Å². The molecular weight excluding hydrogens is 431 g/mol. The molecule has 1 aromatic carbocycles. The highest BCUT2D eigenvalue weighted by molar-refractivity contribution is 5.93. The van der Waals surface area contributed by atoms with Crippen molar-refractivity contribution >= 4 is 17.8 Å². The molecule has 0 radical (unpaired) electrons. The Morgan fingerprint density at radius 2 is 1.59 bits per heavy atom. The van der Waals surface area contributed by atoms with Crippen LogP contribution in [0.5, 0.6) is 0 Å². The van der Waals surface area contributed by atoms with Crippen LogP contribution in [0.2, 0.25) is 0 Å². The van der Waals surface area contributed by atoms with Crippen molar-refractivity contribution in [2.75, 3.05) is 26.2 Å². The third kappa shape index (κ3) is 5.47. The van der Waals surface area contributed by atoms with Gasteiger partial charge in [0.15, 0.2) is 17.4 Å². The summed E-state index contributed by atoms with van der Waals surface area (Å²) in [5, 5.41) is 8.91. The summed E-state index contributed by atoms with van der Waals surface area (Å²) in [5.41, 5.74) is 5.82. The molecule has 11 heteroatoms. The zero-order valence-corrected chi connectivity index (χ0v) is 17.0. The standard InChI is InChI=1S/C21H22F3N3O5/c22-14-11-16(24)15(23)9-12(14)8-13(25)10-19(28)26-4-1-5-27(7-6-26)20(29)17-2-3-18(32-17)21(30)31/h2-3,9,11,13H,1,4-8,10,25H2,(H,30,31)/t13-/m1/s1. The maximum atomic E-state index is 13.8. The fourth-order valence-electron chi connectivity index (χ4n) is 3.52. The number of hydrogen-bond acceptors (Lipinski definition) is 5. The average Bonchev–Trinajstić information content (AvgIpc) is 3.10. The molecular formula is C21H22F3N3O5. The topological polar surface area (TPSA) is 117 Å². The summed E-state index contributed by atoms with van der Waals surface area (Å²) in [5.74, 6) is -5.92. The van der Waals surface area contributed by atoms with E-state index in [1.807, 2.05) is 0 Å². The maximum Gasteiger partial charge on any atom is 0.371 e. The predicted octanol–water partition coefficient (Wildman–Crippen LogP) is 2.03. The predicted molar refractivity (Wildman–Crippen MR) is 105 cm³/mol. The molecule has 8 nitrogen and oxygen atoms in total. The van der Waals surface area contributed by atoms with Gasteiger partial charge in [-0.05, 0) is 36.6 Å². The molecule has 0 aliphatic carbocycles. The average molecular weight is 453 g/mol. The van der Waals surface area contributed by atoms with Crippen molar-refractivity contribution in [1.82, 2.24) is 9.80 Å².